The van der Waals surface area contributed by atoms with Crippen molar-refractivity contribution in [1.29, 1.82) is 0 Å². The van der Waals surface area contributed by atoms with Gasteiger partial charge in [0.1, 0.15) is 5.69 Å². The van der Waals surface area contributed by atoms with Crippen LogP contribution in [0.15, 0.2) is 12.1 Å². The smallest absolute Gasteiger partial charge is 0.135 e. The molecule has 22 heavy (non-hydrogen) atoms. The summed E-state index contributed by atoms with van der Waals surface area (Å²) in [6, 6.07) is 4.49. The van der Waals surface area contributed by atoms with Gasteiger partial charge in [0.15, 0.2) is 0 Å². The molecule has 6 nitrogen and oxygen atoms in total. The third-order valence-corrected chi connectivity index (χ3v) is 3.12. The summed E-state index contributed by atoms with van der Waals surface area (Å²) >= 11 is 0. The Balaban J connectivity index is 0.000000980. The molecule has 1 aromatic rings. The van der Waals surface area contributed by atoms with Gasteiger partial charge in [0.05, 0.1) is 37.6 Å². The summed E-state index contributed by atoms with van der Waals surface area (Å²) in [5.74, 6) is 0. The Kier molecular flexibility index (Phi) is 6.10. The number of aromatic nitrogens is 1. The number of rotatable bonds is 1. The van der Waals surface area contributed by atoms with Crippen molar-refractivity contribution < 1.29 is 5.09 Å². The molecule has 0 aliphatic rings. The van der Waals surface area contributed by atoms with Crippen LogP contribution in [0.2, 0.25) is 0 Å². The number of hydrogen-bond acceptors (Lipinski definition) is 4. The molecule has 0 atom stereocenters. The lowest BCUT2D eigenvalue weighted by Crippen LogP contribution is -2.36. The second-order valence-electron chi connectivity index (χ2n) is 8.33. The quantitative estimate of drug-likeness (QED) is 0.450. The molecule has 0 N–H and O–H groups in total. The van der Waals surface area contributed by atoms with E-state index in [0.717, 1.165) is 4.48 Å². The summed E-state index contributed by atoms with van der Waals surface area (Å²) < 4.78 is 0.828. The van der Waals surface area contributed by atoms with Crippen LogP contribution in [0.3, 0.4) is 0 Å². The van der Waals surface area contributed by atoms with E-state index in [0.29, 0.717) is 0 Å². The van der Waals surface area contributed by atoms with Crippen LogP contribution in [-0.4, -0.2) is 31.2 Å². The molecule has 1 aromatic heterocycles. The van der Waals surface area contributed by atoms with Crippen molar-refractivity contribution in [2.24, 2.45) is 0 Å². The molecular formula is C16H29N3O3. The zero-order chi connectivity index (χ0) is 17.9. The zero-order valence-corrected chi connectivity index (χ0v) is 15.2. The van der Waals surface area contributed by atoms with Crippen molar-refractivity contribution >= 4 is 5.69 Å². The van der Waals surface area contributed by atoms with Gasteiger partial charge in [0.2, 0.25) is 0 Å². The van der Waals surface area contributed by atoms with Crippen molar-refractivity contribution in [2.75, 3.05) is 21.1 Å². The fourth-order valence-electron chi connectivity index (χ4n) is 1.67. The maximum absolute atomic E-state index is 8.25. The fourth-order valence-corrected chi connectivity index (χ4v) is 1.67. The van der Waals surface area contributed by atoms with E-state index in [9.17, 15) is 0 Å². The highest BCUT2D eigenvalue weighted by Crippen LogP contribution is 2.31. The standard InChI is InChI=1S/C16H29N2.NO3/c1-15(2,3)13-10-12(18(7,8)9)11-14(17-13)16(4,5)6;2-1(3)4/h10-11H,1-9H3;/q+1;-1. The Hall–Kier alpha value is -1.69. The summed E-state index contributed by atoms with van der Waals surface area (Å²) in [6.45, 7) is 13.3. The molecule has 0 radical (unpaired) electrons. The molecule has 0 unspecified atom stereocenters. The molecule has 0 saturated carbocycles. The van der Waals surface area contributed by atoms with E-state index in [-0.39, 0.29) is 10.8 Å². The van der Waals surface area contributed by atoms with Gasteiger partial charge in [-0.2, -0.15) is 0 Å². The maximum Gasteiger partial charge on any atom is 0.135 e. The summed E-state index contributed by atoms with van der Waals surface area (Å²) in [7, 11) is 6.61. The lowest BCUT2D eigenvalue weighted by Gasteiger charge is -2.29. The first kappa shape index (κ1) is 20.3. The molecule has 6 heteroatoms. The first-order valence-electron chi connectivity index (χ1n) is 7.21. The van der Waals surface area contributed by atoms with Crippen LogP contribution in [0.25, 0.3) is 0 Å². The lowest BCUT2D eigenvalue weighted by molar-refractivity contribution is -0.402. The SMILES string of the molecule is CC(C)(C)c1cc([N+](C)(C)C)cc(C(C)(C)C)n1.O=[N+]([O-])[O-]. The van der Waals surface area contributed by atoms with Gasteiger partial charge in [-0.05, 0) is 0 Å². The van der Waals surface area contributed by atoms with Crippen LogP contribution >= 0.6 is 0 Å². The number of quaternary nitrogens is 1. The largest absolute Gasteiger partial charge is 0.356 e. The maximum atomic E-state index is 8.25. The van der Waals surface area contributed by atoms with Crippen molar-refractivity contribution in [1.82, 2.24) is 9.47 Å². The minimum absolute atomic E-state index is 0.0885. The van der Waals surface area contributed by atoms with E-state index < -0.39 is 5.09 Å². The van der Waals surface area contributed by atoms with Crippen molar-refractivity contribution in [3.05, 3.63) is 38.8 Å². The Morgan fingerprint density at radius 3 is 1.36 bits per heavy atom. The Labute approximate surface area is 133 Å². The molecule has 0 bridgehead atoms. The first-order chi connectivity index (χ1) is 9.55. The molecular weight excluding hydrogens is 282 g/mol. The van der Waals surface area contributed by atoms with Gasteiger partial charge in [-0.3, -0.25) is 9.47 Å². The second-order valence-corrected chi connectivity index (χ2v) is 8.33. The van der Waals surface area contributed by atoms with Crippen molar-refractivity contribution in [3.8, 4) is 0 Å². The van der Waals surface area contributed by atoms with E-state index >= 15 is 0 Å². The summed E-state index contributed by atoms with van der Waals surface area (Å²) in [4.78, 5) is 13.1. The van der Waals surface area contributed by atoms with E-state index in [4.69, 9.17) is 20.3 Å². The van der Waals surface area contributed by atoms with Gasteiger partial charge >= 0.3 is 0 Å². The minimum Gasteiger partial charge on any atom is -0.356 e. The van der Waals surface area contributed by atoms with E-state index in [1.54, 1.807) is 0 Å². The van der Waals surface area contributed by atoms with Crippen LogP contribution in [0, 0.1) is 15.3 Å². The number of hydrogen-bond donors (Lipinski definition) is 0. The minimum atomic E-state index is -1.75. The van der Waals surface area contributed by atoms with Crippen LogP contribution in [0.1, 0.15) is 52.9 Å². The van der Waals surface area contributed by atoms with Gasteiger partial charge in [0, 0.05) is 23.0 Å². The van der Waals surface area contributed by atoms with E-state index in [1.807, 2.05) is 0 Å². The summed E-state index contributed by atoms with van der Waals surface area (Å²) in [5.41, 5.74) is 3.85. The fraction of sp³-hybridized carbons (Fsp3) is 0.688. The molecule has 0 fully saturated rings. The molecule has 0 aromatic carbocycles. The van der Waals surface area contributed by atoms with Gasteiger partial charge in [-0.25, -0.2) is 0 Å². The van der Waals surface area contributed by atoms with Gasteiger partial charge < -0.3 is 15.3 Å². The first-order valence-corrected chi connectivity index (χ1v) is 7.21. The van der Waals surface area contributed by atoms with Gasteiger partial charge in [0.25, 0.3) is 0 Å². The predicted octanol–water partition coefficient (Wildman–Crippen LogP) is 3.63. The molecule has 0 amide bonds. The molecule has 0 saturated heterocycles. The summed E-state index contributed by atoms with van der Waals surface area (Å²) in [5, 5.41) is 14.8. The Morgan fingerprint density at radius 2 is 1.18 bits per heavy atom. The molecule has 0 spiro atoms. The third-order valence-electron chi connectivity index (χ3n) is 3.12. The number of nitrogens with zero attached hydrogens (tertiary/aromatic N) is 3. The van der Waals surface area contributed by atoms with Crippen LogP contribution in [0.4, 0.5) is 5.69 Å². The van der Waals surface area contributed by atoms with Crippen LogP contribution in [0.5, 0.6) is 0 Å². The van der Waals surface area contributed by atoms with Crippen LogP contribution < -0.4 is 4.48 Å². The monoisotopic (exact) mass is 311 g/mol. The van der Waals surface area contributed by atoms with Crippen LogP contribution in [-0.2, 0) is 10.8 Å². The molecule has 1 rings (SSSR count). The summed E-state index contributed by atoms with van der Waals surface area (Å²) in [6.07, 6.45) is 0. The average Bonchev–Trinajstić information content (AvgIpc) is 2.24. The third kappa shape index (κ3) is 6.85. The Morgan fingerprint density at radius 1 is 0.909 bits per heavy atom. The predicted molar refractivity (Wildman–Crippen MR) is 91.6 cm³/mol. The highest BCUT2D eigenvalue weighted by Gasteiger charge is 2.25. The highest BCUT2D eigenvalue weighted by molar-refractivity contribution is 5.46. The lowest BCUT2D eigenvalue weighted by atomic mass is 9.87. The molecule has 0 aliphatic heterocycles. The Bertz CT molecular complexity index is 438. The normalized spacial score (nSPS) is 12.4. The topological polar surface area (TPSA) is 79.1 Å². The molecule has 0 aliphatic carbocycles. The average molecular weight is 311 g/mol. The molecule has 126 valence electrons. The van der Waals surface area contributed by atoms with Crippen molar-refractivity contribution in [3.63, 3.8) is 0 Å². The van der Waals surface area contributed by atoms with Gasteiger partial charge in [-0.15, -0.1) is 0 Å². The highest BCUT2D eigenvalue weighted by atomic mass is 16.9. The number of pyridine rings is 1. The van der Waals surface area contributed by atoms with Gasteiger partial charge in [-0.1, -0.05) is 41.5 Å². The van der Waals surface area contributed by atoms with Crippen molar-refractivity contribution in [2.45, 2.75) is 52.4 Å². The van der Waals surface area contributed by atoms with E-state index in [2.05, 4.69) is 74.8 Å². The second kappa shape index (κ2) is 6.60. The van der Waals surface area contributed by atoms with E-state index in [1.165, 1.54) is 17.1 Å². The molecule has 1 heterocycles. The zero-order valence-electron chi connectivity index (χ0n) is 15.2.